The molecule has 1 rings (SSSR count). The van der Waals surface area contributed by atoms with Crippen molar-refractivity contribution in [2.75, 3.05) is 20.3 Å². The first-order valence-electron chi connectivity index (χ1n) is 5.92. The van der Waals surface area contributed by atoms with Gasteiger partial charge in [-0.15, -0.1) is 0 Å². The van der Waals surface area contributed by atoms with Crippen molar-refractivity contribution in [2.45, 2.75) is 6.92 Å². The van der Waals surface area contributed by atoms with Gasteiger partial charge in [0.1, 0.15) is 5.75 Å². The summed E-state index contributed by atoms with van der Waals surface area (Å²) in [4.78, 5) is 22.5. The molecular weight excluding hydrogens is 246 g/mol. The number of amides is 1. The number of para-hydroxylation sites is 1. The number of rotatable bonds is 6. The van der Waals surface area contributed by atoms with E-state index in [1.165, 1.54) is 6.08 Å². The number of carbonyl (C=O) groups is 2. The lowest BCUT2D eigenvalue weighted by atomic mass is 10.2. The predicted molar refractivity (Wildman–Crippen MR) is 71.7 cm³/mol. The number of hydrogen-bond donors (Lipinski definition) is 1. The molecular formula is C14H17NO4. The third-order valence-corrected chi connectivity index (χ3v) is 2.26. The summed E-state index contributed by atoms with van der Waals surface area (Å²) >= 11 is 0. The molecule has 5 nitrogen and oxygen atoms in total. The van der Waals surface area contributed by atoms with E-state index >= 15 is 0 Å². The standard InChI is InChI=1S/C14H17NO4/c1-3-15-13(16)10-19-14(17)9-8-11-6-4-5-7-12(11)18-2/h4-9H,3,10H2,1-2H3,(H,15,16)/b9-8+. The average Bonchev–Trinajstić information content (AvgIpc) is 2.43. The highest BCUT2D eigenvalue weighted by molar-refractivity contribution is 5.89. The summed E-state index contributed by atoms with van der Waals surface area (Å²) in [6.07, 6.45) is 2.84. The van der Waals surface area contributed by atoms with Gasteiger partial charge in [0.2, 0.25) is 0 Å². The van der Waals surface area contributed by atoms with Crippen LogP contribution in [0.1, 0.15) is 12.5 Å². The molecule has 0 unspecified atom stereocenters. The third kappa shape index (κ3) is 5.25. The van der Waals surface area contributed by atoms with E-state index in [1.807, 2.05) is 18.2 Å². The number of methoxy groups -OCH3 is 1. The smallest absolute Gasteiger partial charge is 0.331 e. The highest BCUT2D eigenvalue weighted by Crippen LogP contribution is 2.18. The average molecular weight is 263 g/mol. The van der Waals surface area contributed by atoms with E-state index in [0.717, 1.165) is 5.56 Å². The second-order valence-electron chi connectivity index (χ2n) is 3.64. The first kappa shape index (κ1) is 14.8. The summed E-state index contributed by atoms with van der Waals surface area (Å²) in [5.74, 6) is -0.228. The fraction of sp³-hybridized carbons (Fsp3) is 0.286. The zero-order chi connectivity index (χ0) is 14.1. The van der Waals surface area contributed by atoms with Crippen LogP contribution >= 0.6 is 0 Å². The minimum absolute atomic E-state index is 0.275. The topological polar surface area (TPSA) is 64.6 Å². The molecule has 0 aliphatic rings. The van der Waals surface area contributed by atoms with Crippen LogP contribution in [0, 0.1) is 0 Å². The van der Waals surface area contributed by atoms with E-state index in [-0.39, 0.29) is 12.5 Å². The van der Waals surface area contributed by atoms with Crippen LogP contribution in [0.15, 0.2) is 30.3 Å². The molecule has 0 aliphatic carbocycles. The van der Waals surface area contributed by atoms with E-state index < -0.39 is 5.97 Å². The SMILES string of the molecule is CCNC(=O)COC(=O)/C=C/c1ccccc1OC. The van der Waals surface area contributed by atoms with Gasteiger partial charge in [0.05, 0.1) is 7.11 Å². The van der Waals surface area contributed by atoms with Gasteiger partial charge in [-0.1, -0.05) is 18.2 Å². The fourth-order valence-electron chi connectivity index (χ4n) is 1.39. The number of ether oxygens (including phenoxy) is 2. The molecule has 5 heteroatoms. The number of likely N-dealkylation sites (N-methyl/N-ethyl adjacent to an activating group) is 1. The van der Waals surface area contributed by atoms with Gasteiger partial charge < -0.3 is 14.8 Å². The van der Waals surface area contributed by atoms with Gasteiger partial charge in [0.15, 0.2) is 6.61 Å². The molecule has 0 aliphatic heterocycles. The van der Waals surface area contributed by atoms with Crippen molar-refractivity contribution in [1.82, 2.24) is 5.32 Å². The second kappa shape index (κ2) is 7.92. The molecule has 0 fully saturated rings. The number of hydrogen-bond acceptors (Lipinski definition) is 4. The van der Waals surface area contributed by atoms with Gasteiger partial charge in [-0.25, -0.2) is 4.79 Å². The van der Waals surface area contributed by atoms with Crippen LogP contribution in [0.25, 0.3) is 6.08 Å². The highest BCUT2D eigenvalue weighted by Gasteiger charge is 2.04. The molecule has 1 N–H and O–H groups in total. The first-order chi connectivity index (χ1) is 9.17. The largest absolute Gasteiger partial charge is 0.496 e. The molecule has 0 bridgehead atoms. The molecule has 0 radical (unpaired) electrons. The Labute approximate surface area is 112 Å². The number of nitrogens with one attached hydrogen (secondary N) is 1. The first-order valence-corrected chi connectivity index (χ1v) is 5.92. The Hall–Kier alpha value is -2.30. The Bertz CT molecular complexity index is 468. The molecule has 0 atom stereocenters. The van der Waals surface area contributed by atoms with Crippen LogP contribution in [-0.2, 0) is 14.3 Å². The van der Waals surface area contributed by atoms with Gasteiger partial charge >= 0.3 is 5.97 Å². The maximum Gasteiger partial charge on any atom is 0.331 e. The maximum absolute atomic E-state index is 11.4. The Kier molecular flexibility index (Phi) is 6.15. The molecule has 0 saturated heterocycles. The highest BCUT2D eigenvalue weighted by atomic mass is 16.5. The van der Waals surface area contributed by atoms with Crippen molar-refractivity contribution in [2.24, 2.45) is 0 Å². The third-order valence-electron chi connectivity index (χ3n) is 2.26. The van der Waals surface area contributed by atoms with Crippen LogP contribution in [-0.4, -0.2) is 32.1 Å². The van der Waals surface area contributed by atoms with E-state index in [0.29, 0.717) is 12.3 Å². The number of carbonyl (C=O) groups excluding carboxylic acids is 2. The van der Waals surface area contributed by atoms with Crippen molar-refractivity contribution in [3.63, 3.8) is 0 Å². The van der Waals surface area contributed by atoms with Crippen molar-refractivity contribution >= 4 is 18.0 Å². The summed E-state index contributed by atoms with van der Waals surface area (Å²) in [5, 5.41) is 2.53. The maximum atomic E-state index is 11.4. The van der Waals surface area contributed by atoms with Gasteiger partial charge in [-0.05, 0) is 19.1 Å². The zero-order valence-electron chi connectivity index (χ0n) is 11.0. The molecule has 0 spiro atoms. The lowest BCUT2D eigenvalue weighted by molar-refractivity contribution is -0.143. The summed E-state index contributed by atoms with van der Waals surface area (Å²) in [5.41, 5.74) is 0.764. The lowest BCUT2D eigenvalue weighted by Crippen LogP contribution is -2.28. The molecule has 1 aromatic rings. The van der Waals surface area contributed by atoms with E-state index in [1.54, 1.807) is 26.2 Å². The van der Waals surface area contributed by atoms with Gasteiger partial charge in [0.25, 0.3) is 5.91 Å². The Balaban J connectivity index is 2.52. The van der Waals surface area contributed by atoms with Crippen LogP contribution in [0.5, 0.6) is 5.75 Å². The van der Waals surface area contributed by atoms with E-state index in [9.17, 15) is 9.59 Å². The van der Waals surface area contributed by atoms with E-state index in [2.05, 4.69) is 5.32 Å². The summed E-state index contributed by atoms with van der Waals surface area (Å²) in [6, 6.07) is 7.28. The molecule has 0 heterocycles. The molecule has 1 aromatic carbocycles. The molecule has 102 valence electrons. The Morgan fingerprint density at radius 2 is 2.05 bits per heavy atom. The lowest BCUT2D eigenvalue weighted by Gasteiger charge is -2.04. The monoisotopic (exact) mass is 263 g/mol. The zero-order valence-corrected chi connectivity index (χ0v) is 11.0. The van der Waals surface area contributed by atoms with Crippen LogP contribution in [0.4, 0.5) is 0 Å². The van der Waals surface area contributed by atoms with Gasteiger partial charge in [0, 0.05) is 18.2 Å². The van der Waals surface area contributed by atoms with Gasteiger partial charge in [-0.2, -0.15) is 0 Å². The minimum Gasteiger partial charge on any atom is -0.496 e. The van der Waals surface area contributed by atoms with Crippen LogP contribution in [0.3, 0.4) is 0 Å². The summed E-state index contributed by atoms with van der Waals surface area (Å²) < 4.78 is 9.91. The Morgan fingerprint density at radius 3 is 2.74 bits per heavy atom. The minimum atomic E-state index is -0.572. The molecule has 0 aromatic heterocycles. The normalized spacial score (nSPS) is 10.2. The van der Waals surface area contributed by atoms with Crippen LogP contribution in [0.2, 0.25) is 0 Å². The van der Waals surface area contributed by atoms with Crippen molar-refractivity contribution in [3.8, 4) is 5.75 Å². The predicted octanol–water partition coefficient (Wildman–Crippen LogP) is 1.39. The molecule has 1 amide bonds. The summed E-state index contributed by atoms with van der Waals surface area (Å²) in [7, 11) is 1.56. The van der Waals surface area contributed by atoms with Crippen molar-refractivity contribution in [3.05, 3.63) is 35.9 Å². The van der Waals surface area contributed by atoms with E-state index in [4.69, 9.17) is 9.47 Å². The number of benzene rings is 1. The quantitative estimate of drug-likeness (QED) is 0.622. The van der Waals surface area contributed by atoms with Crippen molar-refractivity contribution in [1.29, 1.82) is 0 Å². The molecule has 19 heavy (non-hydrogen) atoms. The van der Waals surface area contributed by atoms with Crippen LogP contribution < -0.4 is 10.1 Å². The fourth-order valence-corrected chi connectivity index (χ4v) is 1.39. The summed E-state index contributed by atoms with van der Waals surface area (Å²) in [6.45, 7) is 2.03. The molecule has 0 saturated carbocycles. The Morgan fingerprint density at radius 1 is 1.32 bits per heavy atom. The van der Waals surface area contributed by atoms with Crippen molar-refractivity contribution < 1.29 is 19.1 Å². The number of esters is 1. The second-order valence-corrected chi connectivity index (χ2v) is 3.64. The van der Waals surface area contributed by atoms with Gasteiger partial charge in [-0.3, -0.25) is 4.79 Å².